The summed E-state index contributed by atoms with van der Waals surface area (Å²) in [5.41, 5.74) is 3.18. The summed E-state index contributed by atoms with van der Waals surface area (Å²) in [5, 5.41) is 11.6. The lowest BCUT2D eigenvalue weighted by Crippen LogP contribution is -2.29. The molecule has 0 spiro atoms. The molecule has 8 heteroatoms. The van der Waals surface area contributed by atoms with Crippen LogP contribution in [0.3, 0.4) is 0 Å². The third kappa shape index (κ3) is 4.58. The van der Waals surface area contributed by atoms with Crippen LogP contribution in [-0.2, 0) is 16.1 Å². The molecule has 8 nitrogen and oxygen atoms in total. The van der Waals surface area contributed by atoms with E-state index in [0.29, 0.717) is 40.9 Å². The lowest BCUT2D eigenvalue weighted by molar-refractivity contribution is -0.140. The van der Waals surface area contributed by atoms with E-state index in [4.69, 9.17) is 9.15 Å². The predicted molar refractivity (Wildman–Crippen MR) is 143 cm³/mol. The first-order valence-electron chi connectivity index (χ1n) is 12.7. The zero-order valence-corrected chi connectivity index (χ0v) is 22.0. The second-order valence-corrected chi connectivity index (χ2v) is 10.0. The highest BCUT2D eigenvalue weighted by Gasteiger charge is 2.47. The molecule has 0 saturated carbocycles. The molecule has 0 bridgehead atoms. The minimum Gasteiger partial charge on any atom is -0.505 e. The van der Waals surface area contributed by atoms with Gasteiger partial charge in [-0.15, -0.1) is 0 Å². The number of hydrogen-bond acceptors (Lipinski definition) is 6. The smallest absolute Gasteiger partial charge is 0.296 e. The molecule has 1 fully saturated rings. The number of carbonyl (C=O) groups excluding carboxylic acids is 2. The van der Waals surface area contributed by atoms with Gasteiger partial charge in [-0.1, -0.05) is 32.0 Å². The zero-order chi connectivity index (χ0) is 27.0. The first-order chi connectivity index (χ1) is 18.3. The Kier molecular flexibility index (Phi) is 6.80. The fraction of sp³-hybridized carbons (Fsp3) is 0.300. The van der Waals surface area contributed by atoms with Crippen LogP contribution in [0.1, 0.15) is 54.6 Å². The van der Waals surface area contributed by atoms with Gasteiger partial charge in [0.15, 0.2) is 5.76 Å². The molecule has 0 radical (unpaired) electrons. The summed E-state index contributed by atoms with van der Waals surface area (Å²) in [4.78, 5) is 32.9. The molecule has 1 aliphatic rings. The standard InChI is InChI=1S/C30H31N3O5/c1-18(2)12-15-38-22-10-5-9-21(16-22)26-24(28(35)30(36)33(26)17-23-11-7-14-37-23)27(34)25-20(4)32-13-6-8-19(3)29(32)31-25/h5-11,13-14,16,18,26,34H,12,15,17H2,1-4H3/b27-24+. The molecule has 1 aliphatic heterocycles. The van der Waals surface area contributed by atoms with Crippen molar-refractivity contribution in [3.8, 4) is 5.75 Å². The lowest BCUT2D eigenvalue weighted by atomic mass is 9.96. The monoisotopic (exact) mass is 513 g/mol. The van der Waals surface area contributed by atoms with Gasteiger partial charge in [-0.2, -0.15) is 0 Å². The Labute approximate surface area is 221 Å². The van der Waals surface area contributed by atoms with Gasteiger partial charge in [0.2, 0.25) is 0 Å². The van der Waals surface area contributed by atoms with Crippen molar-refractivity contribution in [3.05, 3.63) is 94.8 Å². The number of nitrogens with zero attached hydrogens (tertiary/aromatic N) is 3. The summed E-state index contributed by atoms with van der Waals surface area (Å²) < 4.78 is 13.3. The first kappa shape index (κ1) is 25.3. The number of fused-ring (bicyclic) bond motifs is 1. The molecule has 1 amide bonds. The molecule has 1 atom stereocenters. The van der Waals surface area contributed by atoms with Gasteiger partial charge in [0.1, 0.15) is 22.9 Å². The number of likely N-dealkylation sites (tertiary alicyclic amines) is 1. The molecule has 1 saturated heterocycles. The van der Waals surface area contributed by atoms with E-state index in [1.54, 1.807) is 12.1 Å². The Morgan fingerprint density at radius 2 is 1.95 bits per heavy atom. The van der Waals surface area contributed by atoms with Gasteiger partial charge in [0.25, 0.3) is 11.7 Å². The largest absolute Gasteiger partial charge is 0.505 e. The molecule has 1 unspecified atom stereocenters. The Morgan fingerprint density at radius 3 is 2.66 bits per heavy atom. The van der Waals surface area contributed by atoms with E-state index in [0.717, 1.165) is 12.0 Å². The number of furan rings is 1. The molecule has 4 heterocycles. The van der Waals surface area contributed by atoms with Crippen LogP contribution in [0.5, 0.6) is 5.75 Å². The van der Waals surface area contributed by atoms with E-state index < -0.39 is 17.7 Å². The van der Waals surface area contributed by atoms with E-state index in [1.165, 1.54) is 11.2 Å². The number of carbonyl (C=O) groups is 2. The first-order valence-corrected chi connectivity index (χ1v) is 12.7. The number of aryl methyl sites for hydroxylation is 2. The number of amides is 1. The summed E-state index contributed by atoms with van der Waals surface area (Å²) in [6, 6.07) is 13.8. The molecular weight excluding hydrogens is 482 g/mol. The summed E-state index contributed by atoms with van der Waals surface area (Å²) in [6.07, 6.45) is 4.27. The average molecular weight is 514 g/mol. The minimum atomic E-state index is -0.848. The van der Waals surface area contributed by atoms with Crippen LogP contribution in [0.15, 0.2) is 71.0 Å². The number of imidazole rings is 1. The number of aliphatic hydroxyl groups is 1. The molecular formula is C30H31N3O5. The maximum atomic E-state index is 13.5. The predicted octanol–water partition coefficient (Wildman–Crippen LogP) is 5.59. The third-order valence-electron chi connectivity index (χ3n) is 6.89. The topological polar surface area (TPSA) is 97.3 Å². The van der Waals surface area contributed by atoms with Crippen LogP contribution < -0.4 is 4.74 Å². The Bertz CT molecular complexity index is 1530. The molecule has 5 rings (SSSR count). The van der Waals surface area contributed by atoms with Crippen molar-refractivity contribution in [2.24, 2.45) is 5.92 Å². The molecule has 1 N–H and O–H groups in total. The highest BCUT2D eigenvalue weighted by atomic mass is 16.5. The maximum absolute atomic E-state index is 13.5. The van der Waals surface area contributed by atoms with Crippen molar-refractivity contribution in [2.75, 3.05) is 6.61 Å². The molecule has 3 aromatic heterocycles. The SMILES string of the molecule is Cc1cccn2c(C)c(/C(O)=C3\C(=O)C(=O)N(Cc4ccco4)C3c3cccc(OCCC(C)C)c3)nc12. The van der Waals surface area contributed by atoms with Crippen molar-refractivity contribution >= 4 is 23.1 Å². The van der Waals surface area contributed by atoms with E-state index >= 15 is 0 Å². The number of rotatable bonds is 8. The fourth-order valence-electron chi connectivity index (χ4n) is 4.82. The van der Waals surface area contributed by atoms with Crippen molar-refractivity contribution < 1.29 is 23.8 Å². The van der Waals surface area contributed by atoms with E-state index in [1.807, 2.05) is 60.8 Å². The second kappa shape index (κ2) is 10.2. The van der Waals surface area contributed by atoms with Gasteiger partial charge >= 0.3 is 0 Å². The van der Waals surface area contributed by atoms with Gasteiger partial charge in [-0.25, -0.2) is 4.98 Å². The molecule has 38 heavy (non-hydrogen) atoms. The maximum Gasteiger partial charge on any atom is 0.296 e. The van der Waals surface area contributed by atoms with Crippen LogP contribution in [-0.4, -0.2) is 37.7 Å². The quantitative estimate of drug-likeness (QED) is 0.187. The summed E-state index contributed by atoms with van der Waals surface area (Å²) in [6.45, 7) is 8.63. The highest BCUT2D eigenvalue weighted by Crippen LogP contribution is 2.41. The van der Waals surface area contributed by atoms with Crippen LogP contribution >= 0.6 is 0 Å². The zero-order valence-electron chi connectivity index (χ0n) is 22.0. The number of hydrogen-bond donors (Lipinski definition) is 1. The highest BCUT2D eigenvalue weighted by molar-refractivity contribution is 6.46. The normalized spacial score (nSPS) is 17.2. The summed E-state index contributed by atoms with van der Waals surface area (Å²) >= 11 is 0. The molecule has 196 valence electrons. The number of aromatic nitrogens is 2. The number of pyridine rings is 1. The van der Waals surface area contributed by atoms with E-state index in [-0.39, 0.29) is 23.6 Å². The third-order valence-corrected chi connectivity index (χ3v) is 6.89. The van der Waals surface area contributed by atoms with Crippen LogP contribution in [0.4, 0.5) is 0 Å². The van der Waals surface area contributed by atoms with Crippen LogP contribution in [0.2, 0.25) is 0 Å². The Hall–Kier alpha value is -4.33. The minimum absolute atomic E-state index is 0.00922. The summed E-state index contributed by atoms with van der Waals surface area (Å²) in [7, 11) is 0. The Morgan fingerprint density at radius 1 is 1.13 bits per heavy atom. The second-order valence-electron chi connectivity index (χ2n) is 10.0. The van der Waals surface area contributed by atoms with Gasteiger partial charge in [0, 0.05) is 6.20 Å². The molecule has 4 aromatic rings. The number of Topliss-reactive ketones (excluding diaryl/α,β-unsaturated/α-hetero) is 1. The number of ether oxygens (including phenoxy) is 1. The fourth-order valence-corrected chi connectivity index (χ4v) is 4.82. The number of ketones is 1. The average Bonchev–Trinajstić information content (AvgIpc) is 3.59. The van der Waals surface area contributed by atoms with Crippen molar-refractivity contribution in [1.29, 1.82) is 0 Å². The molecule has 0 aliphatic carbocycles. The van der Waals surface area contributed by atoms with Gasteiger partial charge in [-0.05, 0) is 67.6 Å². The Balaban J connectivity index is 1.63. The number of benzene rings is 1. The van der Waals surface area contributed by atoms with Gasteiger partial charge in [-0.3, -0.25) is 9.59 Å². The van der Waals surface area contributed by atoms with E-state index in [9.17, 15) is 14.7 Å². The van der Waals surface area contributed by atoms with Crippen molar-refractivity contribution in [2.45, 2.75) is 46.7 Å². The summed E-state index contributed by atoms with van der Waals surface area (Å²) in [5.74, 6) is -0.125. The van der Waals surface area contributed by atoms with E-state index in [2.05, 4.69) is 18.8 Å². The van der Waals surface area contributed by atoms with Gasteiger partial charge in [0.05, 0.1) is 36.7 Å². The van der Waals surface area contributed by atoms with Crippen LogP contribution in [0, 0.1) is 19.8 Å². The van der Waals surface area contributed by atoms with Crippen LogP contribution in [0.25, 0.3) is 11.4 Å². The lowest BCUT2D eigenvalue weighted by Gasteiger charge is -2.24. The van der Waals surface area contributed by atoms with Crippen molar-refractivity contribution in [1.82, 2.24) is 14.3 Å². The molecule has 1 aromatic carbocycles. The van der Waals surface area contributed by atoms with Crippen molar-refractivity contribution in [3.63, 3.8) is 0 Å². The number of aliphatic hydroxyl groups excluding tert-OH is 1. The van der Waals surface area contributed by atoms with Gasteiger partial charge < -0.3 is 23.6 Å².